The van der Waals surface area contributed by atoms with Crippen LogP contribution in [0.4, 0.5) is 0 Å². The Balaban J connectivity index is 2.77. The average molecular weight is 165 g/mol. The second-order valence-electron chi connectivity index (χ2n) is 2.19. The van der Waals surface area contributed by atoms with Crippen LogP contribution in [-0.4, -0.2) is 6.16 Å². The van der Waals surface area contributed by atoms with Crippen LogP contribution >= 0.6 is 7.80 Å². The van der Waals surface area contributed by atoms with Crippen molar-refractivity contribution in [1.82, 2.24) is 0 Å². The van der Waals surface area contributed by atoms with Crippen molar-refractivity contribution < 1.29 is 4.57 Å². The van der Waals surface area contributed by atoms with Crippen molar-refractivity contribution in [2.75, 3.05) is 6.16 Å². The monoisotopic (exact) mass is 165 g/mol. The molecule has 1 aromatic carbocycles. The Bertz CT molecular complexity index is 254. The van der Waals surface area contributed by atoms with Crippen molar-refractivity contribution in [1.29, 1.82) is 0 Å². The summed E-state index contributed by atoms with van der Waals surface area (Å²) in [7, 11) is -1.24. The van der Waals surface area contributed by atoms with Gasteiger partial charge in [0.25, 0.3) is 0 Å². The zero-order chi connectivity index (χ0) is 8.10. The molecule has 0 saturated heterocycles. The van der Waals surface area contributed by atoms with E-state index in [1.165, 1.54) is 0 Å². The maximum atomic E-state index is 11.3. The Hall–Kier alpha value is -0.940. The molecule has 0 N–H and O–H groups in total. The number of allylic oxidation sites excluding steroid dienone is 1. The van der Waals surface area contributed by atoms with Gasteiger partial charge in [-0.25, -0.2) is 0 Å². The van der Waals surface area contributed by atoms with E-state index < -0.39 is 7.80 Å². The van der Waals surface area contributed by atoms with Crippen LogP contribution in [0, 0.1) is 0 Å². The van der Waals surface area contributed by atoms with Crippen molar-refractivity contribution in [2.24, 2.45) is 0 Å². The number of benzene rings is 1. The van der Waals surface area contributed by atoms with Crippen LogP contribution in [0.15, 0.2) is 43.0 Å². The molecule has 0 aliphatic carbocycles. The summed E-state index contributed by atoms with van der Waals surface area (Å²) in [6.07, 6.45) is 2.26. The van der Waals surface area contributed by atoms with Gasteiger partial charge in [0, 0.05) is 0 Å². The number of rotatable bonds is 3. The van der Waals surface area contributed by atoms with Crippen LogP contribution in [0.3, 0.4) is 0 Å². The van der Waals surface area contributed by atoms with Crippen LogP contribution in [0.25, 0.3) is 0 Å². The Labute approximate surface area is 67.5 Å². The van der Waals surface area contributed by atoms with E-state index in [1.54, 1.807) is 6.08 Å². The molecule has 56 valence electrons. The first-order valence-electron chi connectivity index (χ1n) is 3.45. The van der Waals surface area contributed by atoms with E-state index in [-0.39, 0.29) is 0 Å². The van der Waals surface area contributed by atoms with E-state index in [0.29, 0.717) is 6.16 Å². The SMILES string of the molecule is C=CC[P+](=O)c1ccccc1. The predicted octanol–water partition coefficient (Wildman–Crippen LogP) is 2.33. The maximum Gasteiger partial charge on any atom is 0.380 e. The van der Waals surface area contributed by atoms with Gasteiger partial charge in [0.05, 0.1) is 0 Å². The molecule has 11 heavy (non-hydrogen) atoms. The Morgan fingerprint density at radius 3 is 2.55 bits per heavy atom. The highest BCUT2D eigenvalue weighted by Crippen LogP contribution is 2.18. The first-order valence-corrected chi connectivity index (χ1v) is 4.89. The van der Waals surface area contributed by atoms with E-state index in [2.05, 4.69) is 6.58 Å². The molecule has 0 spiro atoms. The zero-order valence-electron chi connectivity index (χ0n) is 6.23. The first-order chi connectivity index (χ1) is 5.34. The van der Waals surface area contributed by atoms with Crippen molar-refractivity contribution in [2.45, 2.75) is 0 Å². The van der Waals surface area contributed by atoms with E-state index in [4.69, 9.17) is 0 Å². The Morgan fingerprint density at radius 1 is 1.36 bits per heavy atom. The highest BCUT2D eigenvalue weighted by Gasteiger charge is 2.14. The quantitative estimate of drug-likeness (QED) is 0.496. The summed E-state index contributed by atoms with van der Waals surface area (Å²) in [5, 5.41) is 0.905. The fourth-order valence-corrected chi connectivity index (χ4v) is 1.77. The summed E-state index contributed by atoms with van der Waals surface area (Å²) < 4.78 is 11.3. The highest BCUT2D eigenvalue weighted by atomic mass is 31.1. The summed E-state index contributed by atoms with van der Waals surface area (Å²) in [6.45, 7) is 3.54. The van der Waals surface area contributed by atoms with Crippen molar-refractivity contribution in [3.63, 3.8) is 0 Å². The molecule has 0 amide bonds. The lowest BCUT2D eigenvalue weighted by molar-refractivity contribution is 0.594. The molecule has 1 atom stereocenters. The molecule has 1 nitrogen and oxygen atoms in total. The molecule has 1 unspecified atom stereocenters. The molecule has 0 bridgehead atoms. The third-order valence-electron chi connectivity index (χ3n) is 1.34. The van der Waals surface area contributed by atoms with Gasteiger partial charge >= 0.3 is 7.80 Å². The standard InChI is InChI=1S/C9H10OP/c1-2-8-11(10)9-6-4-3-5-7-9/h2-7H,1,8H2/q+1. The lowest BCUT2D eigenvalue weighted by Gasteiger charge is -1.82. The lowest BCUT2D eigenvalue weighted by Crippen LogP contribution is -1.94. The van der Waals surface area contributed by atoms with Gasteiger partial charge in [0.2, 0.25) is 0 Å². The molecule has 0 aliphatic rings. The summed E-state index contributed by atoms with van der Waals surface area (Å²) in [4.78, 5) is 0. The minimum atomic E-state index is -1.24. The maximum absolute atomic E-state index is 11.3. The molecular weight excluding hydrogens is 155 g/mol. The molecule has 0 heterocycles. The van der Waals surface area contributed by atoms with Gasteiger partial charge in [0.1, 0.15) is 0 Å². The van der Waals surface area contributed by atoms with E-state index in [1.807, 2.05) is 30.3 Å². The second-order valence-corrected chi connectivity index (χ2v) is 3.82. The average Bonchev–Trinajstić information content (AvgIpc) is 2.07. The van der Waals surface area contributed by atoms with Crippen LogP contribution in [-0.2, 0) is 4.57 Å². The third-order valence-corrected chi connectivity index (χ3v) is 2.80. The van der Waals surface area contributed by atoms with Gasteiger partial charge in [-0.15, -0.1) is 0 Å². The largest absolute Gasteiger partial charge is 0.380 e. The number of hydrogen-bond donors (Lipinski definition) is 0. The predicted molar refractivity (Wildman–Crippen MR) is 48.7 cm³/mol. The lowest BCUT2D eigenvalue weighted by atomic mass is 10.4. The molecule has 0 radical (unpaired) electrons. The smallest absolute Gasteiger partial charge is 0.0989 e. The van der Waals surface area contributed by atoms with Crippen LogP contribution in [0.2, 0.25) is 0 Å². The molecule has 0 aromatic heterocycles. The molecule has 0 saturated carbocycles. The molecule has 0 aliphatic heterocycles. The molecule has 1 rings (SSSR count). The van der Waals surface area contributed by atoms with Crippen LogP contribution in [0.1, 0.15) is 0 Å². The van der Waals surface area contributed by atoms with Crippen molar-refractivity contribution in [3.8, 4) is 0 Å². The van der Waals surface area contributed by atoms with Gasteiger partial charge in [-0.1, -0.05) is 29.3 Å². The summed E-state index contributed by atoms with van der Waals surface area (Å²) in [5.41, 5.74) is 0. The molecule has 0 fully saturated rings. The van der Waals surface area contributed by atoms with E-state index in [9.17, 15) is 4.57 Å². The molecule has 1 aromatic rings. The van der Waals surface area contributed by atoms with E-state index >= 15 is 0 Å². The number of hydrogen-bond acceptors (Lipinski definition) is 1. The minimum absolute atomic E-state index is 0.569. The summed E-state index contributed by atoms with van der Waals surface area (Å²) >= 11 is 0. The highest BCUT2D eigenvalue weighted by molar-refractivity contribution is 7.53. The van der Waals surface area contributed by atoms with Gasteiger partial charge < -0.3 is 0 Å². The minimum Gasteiger partial charge on any atom is -0.0989 e. The van der Waals surface area contributed by atoms with Gasteiger partial charge in [-0.3, -0.25) is 0 Å². The van der Waals surface area contributed by atoms with Crippen molar-refractivity contribution >= 4 is 13.1 Å². The fourth-order valence-electron chi connectivity index (χ4n) is 0.817. The Morgan fingerprint density at radius 2 is 2.00 bits per heavy atom. The van der Waals surface area contributed by atoms with Gasteiger partial charge in [-0.05, 0) is 18.2 Å². The van der Waals surface area contributed by atoms with Crippen molar-refractivity contribution in [3.05, 3.63) is 43.0 Å². The normalized spacial score (nSPS) is 10.7. The van der Waals surface area contributed by atoms with Gasteiger partial charge in [-0.2, -0.15) is 0 Å². The topological polar surface area (TPSA) is 17.1 Å². The second kappa shape index (κ2) is 4.05. The summed E-state index contributed by atoms with van der Waals surface area (Å²) in [6, 6.07) is 9.46. The van der Waals surface area contributed by atoms with Crippen LogP contribution in [0.5, 0.6) is 0 Å². The van der Waals surface area contributed by atoms with E-state index in [0.717, 1.165) is 5.30 Å². The first kappa shape index (κ1) is 8.16. The fraction of sp³-hybridized carbons (Fsp3) is 0.111. The van der Waals surface area contributed by atoms with Gasteiger partial charge in [0.15, 0.2) is 11.5 Å². The van der Waals surface area contributed by atoms with Crippen LogP contribution < -0.4 is 5.30 Å². The Kier molecular flexibility index (Phi) is 3.00. The zero-order valence-corrected chi connectivity index (χ0v) is 7.13. The third kappa shape index (κ3) is 2.28. The molecular formula is C9H10OP+. The summed E-state index contributed by atoms with van der Waals surface area (Å²) in [5.74, 6) is 0. The molecule has 2 heteroatoms.